The van der Waals surface area contributed by atoms with Gasteiger partial charge in [-0.3, -0.25) is 4.79 Å². The van der Waals surface area contributed by atoms with Crippen LogP contribution in [0.4, 0.5) is 5.69 Å². The molecule has 0 aliphatic rings. The standard InChI is InChI=1S/C17H20N2O/c1-3-13-7-9-14(10-8-13)17(20)19-11-15-5-4-6-16(18)12(15)2/h4-10H,3,11,18H2,1-2H3,(H,19,20). The van der Waals surface area contributed by atoms with Gasteiger partial charge < -0.3 is 11.1 Å². The van der Waals surface area contributed by atoms with Crippen LogP contribution in [-0.4, -0.2) is 5.91 Å². The van der Waals surface area contributed by atoms with Gasteiger partial charge in [0.25, 0.3) is 5.91 Å². The molecule has 0 radical (unpaired) electrons. The van der Waals surface area contributed by atoms with Crippen LogP contribution in [0.3, 0.4) is 0 Å². The van der Waals surface area contributed by atoms with Gasteiger partial charge >= 0.3 is 0 Å². The van der Waals surface area contributed by atoms with Crippen LogP contribution in [0.2, 0.25) is 0 Å². The van der Waals surface area contributed by atoms with Gasteiger partial charge in [-0.25, -0.2) is 0 Å². The highest BCUT2D eigenvalue weighted by Crippen LogP contribution is 2.15. The molecule has 20 heavy (non-hydrogen) atoms. The fourth-order valence-electron chi connectivity index (χ4n) is 2.06. The molecule has 3 nitrogen and oxygen atoms in total. The third kappa shape index (κ3) is 3.18. The van der Waals surface area contributed by atoms with Crippen LogP contribution in [0.5, 0.6) is 0 Å². The maximum Gasteiger partial charge on any atom is 0.251 e. The number of anilines is 1. The quantitative estimate of drug-likeness (QED) is 0.837. The average molecular weight is 268 g/mol. The van der Waals surface area contributed by atoms with Crippen molar-refractivity contribution in [3.8, 4) is 0 Å². The van der Waals surface area contributed by atoms with Crippen molar-refractivity contribution in [2.75, 3.05) is 5.73 Å². The average Bonchev–Trinajstić information content (AvgIpc) is 2.48. The Labute approximate surface area is 119 Å². The molecule has 0 aromatic heterocycles. The van der Waals surface area contributed by atoms with Crippen LogP contribution in [0.1, 0.15) is 34.0 Å². The first-order chi connectivity index (χ1) is 9.61. The number of amides is 1. The van der Waals surface area contributed by atoms with Crippen LogP contribution in [0.15, 0.2) is 42.5 Å². The SMILES string of the molecule is CCc1ccc(C(=O)NCc2cccc(N)c2C)cc1. The summed E-state index contributed by atoms with van der Waals surface area (Å²) in [4.78, 5) is 12.1. The van der Waals surface area contributed by atoms with E-state index in [1.165, 1.54) is 5.56 Å². The molecule has 0 heterocycles. The van der Waals surface area contributed by atoms with E-state index in [4.69, 9.17) is 5.73 Å². The highest BCUT2D eigenvalue weighted by Gasteiger charge is 2.06. The Bertz CT molecular complexity index is 603. The summed E-state index contributed by atoms with van der Waals surface area (Å²) >= 11 is 0. The molecule has 0 aliphatic heterocycles. The minimum absolute atomic E-state index is 0.0607. The highest BCUT2D eigenvalue weighted by atomic mass is 16.1. The number of carbonyl (C=O) groups excluding carboxylic acids is 1. The zero-order valence-corrected chi connectivity index (χ0v) is 11.9. The van der Waals surface area contributed by atoms with Crippen LogP contribution in [0, 0.1) is 6.92 Å². The third-order valence-corrected chi connectivity index (χ3v) is 3.55. The number of hydrogen-bond donors (Lipinski definition) is 2. The molecular formula is C17H20N2O. The predicted octanol–water partition coefficient (Wildman–Crippen LogP) is 3.07. The first-order valence-corrected chi connectivity index (χ1v) is 6.83. The Balaban J connectivity index is 2.02. The third-order valence-electron chi connectivity index (χ3n) is 3.55. The zero-order chi connectivity index (χ0) is 14.5. The summed E-state index contributed by atoms with van der Waals surface area (Å²) in [6, 6.07) is 13.4. The number of nitrogens with one attached hydrogen (secondary N) is 1. The lowest BCUT2D eigenvalue weighted by atomic mass is 10.1. The van der Waals surface area contributed by atoms with E-state index in [1.54, 1.807) is 0 Å². The monoisotopic (exact) mass is 268 g/mol. The lowest BCUT2D eigenvalue weighted by Gasteiger charge is -2.10. The van der Waals surface area contributed by atoms with E-state index in [-0.39, 0.29) is 5.91 Å². The molecule has 0 unspecified atom stereocenters. The van der Waals surface area contributed by atoms with Gasteiger partial charge in [-0.15, -0.1) is 0 Å². The molecule has 1 amide bonds. The normalized spacial score (nSPS) is 10.3. The van der Waals surface area contributed by atoms with E-state index < -0.39 is 0 Å². The predicted molar refractivity (Wildman–Crippen MR) is 82.6 cm³/mol. The van der Waals surface area contributed by atoms with E-state index in [1.807, 2.05) is 49.4 Å². The Morgan fingerprint density at radius 2 is 1.85 bits per heavy atom. The molecule has 2 aromatic carbocycles. The van der Waals surface area contributed by atoms with E-state index in [0.717, 1.165) is 23.2 Å². The van der Waals surface area contributed by atoms with Crippen molar-refractivity contribution in [2.24, 2.45) is 0 Å². The molecule has 0 atom stereocenters. The van der Waals surface area contributed by atoms with Crippen LogP contribution in [-0.2, 0) is 13.0 Å². The Hall–Kier alpha value is -2.29. The minimum Gasteiger partial charge on any atom is -0.399 e. The van der Waals surface area contributed by atoms with Gasteiger partial charge in [0.2, 0.25) is 0 Å². The van der Waals surface area contributed by atoms with Gasteiger partial charge in [-0.1, -0.05) is 31.2 Å². The second-order valence-electron chi connectivity index (χ2n) is 4.86. The Kier molecular flexibility index (Phi) is 4.41. The lowest BCUT2D eigenvalue weighted by molar-refractivity contribution is 0.0951. The molecule has 2 aromatic rings. The van der Waals surface area contributed by atoms with Crippen molar-refractivity contribution >= 4 is 11.6 Å². The van der Waals surface area contributed by atoms with Gasteiger partial charge in [0, 0.05) is 17.8 Å². The van der Waals surface area contributed by atoms with Gasteiger partial charge in [0.15, 0.2) is 0 Å². The zero-order valence-electron chi connectivity index (χ0n) is 11.9. The van der Waals surface area contributed by atoms with Crippen molar-refractivity contribution in [2.45, 2.75) is 26.8 Å². The maximum absolute atomic E-state index is 12.1. The molecule has 0 spiro atoms. The topological polar surface area (TPSA) is 55.1 Å². The van der Waals surface area contributed by atoms with E-state index in [9.17, 15) is 4.79 Å². The van der Waals surface area contributed by atoms with Crippen LogP contribution >= 0.6 is 0 Å². The molecule has 3 N–H and O–H groups in total. The summed E-state index contributed by atoms with van der Waals surface area (Å²) in [5.41, 5.74) is 10.6. The summed E-state index contributed by atoms with van der Waals surface area (Å²) in [5.74, 6) is -0.0607. The highest BCUT2D eigenvalue weighted by molar-refractivity contribution is 5.94. The maximum atomic E-state index is 12.1. The molecule has 3 heteroatoms. The van der Waals surface area contributed by atoms with Crippen LogP contribution < -0.4 is 11.1 Å². The molecule has 0 fully saturated rings. The van der Waals surface area contributed by atoms with Gasteiger partial charge in [0.05, 0.1) is 0 Å². The van der Waals surface area contributed by atoms with Crippen molar-refractivity contribution in [1.82, 2.24) is 5.32 Å². The number of hydrogen-bond acceptors (Lipinski definition) is 2. The summed E-state index contributed by atoms with van der Waals surface area (Å²) in [6.07, 6.45) is 0.977. The lowest BCUT2D eigenvalue weighted by Crippen LogP contribution is -2.23. The smallest absolute Gasteiger partial charge is 0.251 e. The summed E-state index contributed by atoms with van der Waals surface area (Å²) in [6.45, 7) is 4.55. The largest absolute Gasteiger partial charge is 0.399 e. The van der Waals surface area contributed by atoms with E-state index in [0.29, 0.717) is 12.1 Å². The summed E-state index contributed by atoms with van der Waals surface area (Å²) in [5, 5.41) is 2.93. The fourth-order valence-corrected chi connectivity index (χ4v) is 2.06. The van der Waals surface area contributed by atoms with Crippen molar-refractivity contribution < 1.29 is 4.79 Å². The van der Waals surface area contributed by atoms with Crippen LogP contribution in [0.25, 0.3) is 0 Å². The number of benzene rings is 2. The van der Waals surface area contributed by atoms with Crippen molar-refractivity contribution in [3.05, 3.63) is 64.7 Å². The molecule has 104 valence electrons. The number of rotatable bonds is 4. The second kappa shape index (κ2) is 6.24. The minimum atomic E-state index is -0.0607. The summed E-state index contributed by atoms with van der Waals surface area (Å²) in [7, 11) is 0. The van der Waals surface area contributed by atoms with Gasteiger partial charge in [0.1, 0.15) is 0 Å². The first-order valence-electron chi connectivity index (χ1n) is 6.83. The van der Waals surface area contributed by atoms with Crippen molar-refractivity contribution in [3.63, 3.8) is 0 Å². The summed E-state index contributed by atoms with van der Waals surface area (Å²) < 4.78 is 0. The van der Waals surface area contributed by atoms with Crippen molar-refractivity contribution in [1.29, 1.82) is 0 Å². The molecule has 0 aliphatic carbocycles. The fraction of sp³-hybridized carbons (Fsp3) is 0.235. The molecule has 0 bridgehead atoms. The number of carbonyl (C=O) groups is 1. The number of aryl methyl sites for hydroxylation is 1. The second-order valence-corrected chi connectivity index (χ2v) is 4.86. The van der Waals surface area contributed by atoms with E-state index in [2.05, 4.69) is 12.2 Å². The first kappa shape index (κ1) is 14.1. The molecule has 2 rings (SSSR count). The van der Waals surface area contributed by atoms with Gasteiger partial charge in [-0.05, 0) is 48.2 Å². The number of nitrogens with two attached hydrogens (primary N) is 1. The van der Waals surface area contributed by atoms with Gasteiger partial charge in [-0.2, -0.15) is 0 Å². The van der Waals surface area contributed by atoms with E-state index >= 15 is 0 Å². The Morgan fingerprint density at radius 3 is 2.50 bits per heavy atom. The molecule has 0 saturated carbocycles. The number of nitrogen functional groups attached to an aromatic ring is 1. The molecular weight excluding hydrogens is 248 g/mol. The Morgan fingerprint density at radius 1 is 1.15 bits per heavy atom. The molecule has 0 saturated heterocycles.